The zero-order chi connectivity index (χ0) is 17.6. The van der Waals surface area contributed by atoms with E-state index in [9.17, 15) is 9.18 Å². The van der Waals surface area contributed by atoms with Crippen LogP contribution in [0, 0.1) is 5.82 Å². The lowest BCUT2D eigenvalue weighted by Crippen LogP contribution is -2.41. The summed E-state index contributed by atoms with van der Waals surface area (Å²) in [4.78, 5) is 14.3. The second kappa shape index (κ2) is 8.25. The van der Waals surface area contributed by atoms with Crippen molar-refractivity contribution in [2.45, 2.75) is 25.2 Å². The Morgan fingerprint density at radius 2 is 1.96 bits per heavy atom. The number of nitrogens with one attached hydrogen (secondary N) is 1. The molecule has 0 spiro atoms. The molecule has 0 radical (unpaired) electrons. The lowest BCUT2D eigenvalue weighted by Gasteiger charge is -2.31. The fourth-order valence-corrected chi connectivity index (χ4v) is 3.43. The molecule has 0 unspecified atom stereocenters. The number of piperidine rings is 1. The molecule has 1 aromatic heterocycles. The lowest BCUT2D eigenvalue weighted by atomic mass is 9.93. The van der Waals surface area contributed by atoms with Crippen LogP contribution < -0.4 is 5.32 Å². The van der Waals surface area contributed by atoms with Gasteiger partial charge in [0.05, 0.1) is 6.54 Å². The van der Waals surface area contributed by atoms with Crippen LogP contribution in [0.25, 0.3) is 0 Å². The summed E-state index contributed by atoms with van der Waals surface area (Å²) < 4.78 is 14.8. The molecule has 1 saturated heterocycles. The summed E-state index contributed by atoms with van der Waals surface area (Å²) in [7, 11) is 1.98. The highest BCUT2D eigenvalue weighted by Gasteiger charge is 2.23. The molecular formula is C19H25FN4O. The van der Waals surface area contributed by atoms with Gasteiger partial charge in [0.15, 0.2) is 0 Å². The van der Waals surface area contributed by atoms with Crippen molar-refractivity contribution in [1.29, 1.82) is 0 Å². The monoisotopic (exact) mass is 344 g/mol. The Morgan fingerprint density at radius 1 is 1.24 bits per heavy atom. The zero-order valence-electron chi connectivity index (χ0n) is 14.6. The molecule has 2 aromatic rings. The van der Waals surface area contributed by atoms with Gasteiger partial charge in [-0.15, -0.1) is 0 Å². The largest absolute Gasteiger partial charge is 0.355 e. The third-order valence-corrected chi connectivity index (χ3v) is 4.88. The van der Waals surface area contributed by atoms with Gasteiger partial charge in [-0.1, -0.05) is 12.1 Å². The maximum absolute atomic E-state index is 12.9. The minimum atomic E-state index is -0.234. The van der Waals surface area contributed by atoms with E-state index in [2.05, 4.69) is 21.4 Å². The Kier molecular flexibility index (Phi) is 5.81. The second-order valence-corrected chi connectivity index (χ2v) is 6.66. The Hall–Kier alpha value is -2.21. The molecule has 1 amide bonds. The van der Waals surface area contributed by atoms with E-state index in [1.807, 2.05) is 17.9 Å². The standard InChI is InChI=1S/C19H25FN4O/c1-23-18(7-11-22-23)16-8-12-24(13-9-16)14-19(25)21-10-6-15-2-4-17(20)5-3-15/h2-5,7,11,16H,6,8-10,12-14H2,1H3,(H,21,25). The van der Waals surface area contributed by atoms with Crippen LogP contribution >= 0.6 is 0 Å². The van der Waals surface area contributed by atoms with Crippen molar-refractivity contribution < 1.29 is 9.18 Å². The highest BCUT2D eigenvalue weighted by atomic mass is 19.1. The molecule has 25 heavy (non-hydrogen) atoms. The normalized spacial score (nSPS) is 16.1. The van der Waals surface area contributed by atoms with Crippen LogP contribution in [-0.4, -0.2) is 46.8 Å². The quantitative estimate of drug-likeness (QED) is 0.873. The van der Waals surface area contributed by atoms with E-state index in [0.717, 1.165) is 31.5 Å². The molecule has 134 valence electrons. The molecule has 0 saturated carbocycles. The SMILES string of the molecule is Cn1nccc1C1CCN(CC(=O)NCCc2ccc(F)cc2)CC1. The van der Waals surface area contributed by atoms with Gasteiger partial charge in [0.1, 0.15) is 5.82 Å². The average Bonchev–Trinajstić information content (AvgIpc) is 3.03. The van der Waals surface area contributed by atoms with Crippen molar-refractivity contribution in [3.63, 3.8) is 0 Å². The van der Waals surface area contributed by atoms with Crippen LogP contribution in [0.3, 0.4) is 0 Å². The molecule has 3 rings (SSSR count). The van der Waals surface area contributed by atoms with Crippen molar-refractivity contribution in [1.82, 2.24) is 20.0 Å². The van der Waals surface area contributed by atoms with Crippen molar-refractivity contribution in [2.75, 3.05) is 26.2 Å². The summed E-state index contributed by atoms with van der Waals surface area (Å²) >= 11 is 0. The third kappa shape index (κ3) is 4.89. The van der Waals surface area contributed by atoms with Crippen molar-refractivity contribution in [3.05, 3.63) is 53.6 Å². The Balaban J connectivity index is 1.36. The van der Waals surface area contributed by atoms with E-state index in [1.54, 1.807) is 12.1 Å². The molecule has 5 nitrogen and oxygen atoms in total. The lowest BCUT2D eigenvalue weighted by molar-refractivity contribution is -0.122. The molecule has 1 aliphatic heterocycles. The Morgan fingerprint density at radius 3 is 2.60 bits per heavy atom. The van der Waals surface area contributed by atoms with Crippen LogP contribution in [0.4, 0.5) is 4.39 Å². The molecule has 6 heteroatoms. The van der Waals surface area contributed by atoms with Gasteiger partial charge in [0, 0.05) is 31.4 Å². The minimum Gasteiger partial charge on any atom is -0.355 e. The zero-order valence-corrected chi connectivity index (χ0v) is 14.6. The number of aryl methyl sites for hydroxylation is 1. The van der Waals surface area contributed by atoms with Crippen LogP contribution in [-0.2, 0) is 18.3 Å². The Bertz CT molecular complexity index is 690. The number of halogens is 1. The number of hydrogen-bond donors (Lipinski definition) is 1. The number of hydrogen-bond acceptors (Lipinski definition) is 3. The number of aromatic nitrogens is 2. The fourth-order valence-electron chi connectivity index (χ4n) is 3.43. The summed E-state index contributed by atoms with van der Waals surface area (Å²) in [6.45, 7) is 2.89. The highest BCUT2D eigenvalue weighted by Crippen LogP contribution is 2.27. The summed E-state index contributed by atoms with van der Waals surface area (Å²) in [6.07, 6.45) is 4.68. The maximum atomic E-state index is 12.9. The van der Waals surface area contributed by atoms with Gasteiger partial charge in [-0.25, -0.2) is 4.39 Å². The molecule has 1 aliphatic rings. The summed E-state index contributed by atoms with van der Waals surface area (Å²) in [6, 6.07) is 8.49. The molecular weight excluding hydrogens is 319 g/mol. The molecule has 0 bridgehead atoms. The molecule has 1 aromatic carbocycles. The minimum absolute atomic E-state index is 0.0566. The van der Waals surface area contributed by atoms with Gasteiger partial charge >= 0.3 is 0 Å². The Labute approximate surface area is 147 Å². The molecule has 0 atom stereocenters. The number of rotatable bonds is 6. The number of nitrogens with zero attached hydrogens (tertiary/aromatic N) is 3. The molecule has 2 heterocycles. The van der Waals surface area contributed by atoms with Gasteiger partial charge < -0.3 is 5.32 Å². The third-order valence-electron chi connectivity index (χ3n) is 4.88. The van der Waals surface area contributed by atoms with Gasteiger partial charge in [-0.3, -0.25) is 14.4 Å². The van der Waals surface area contributed by atoms with Crippen molar-refractivity contribution in [3.8, 4) is 0 Å². The number of carbonyl (C=O) groups is 1. The van der Waals surface area contributed by atoms with E-state index in [-0.39, 0.29) is 11.7 Å². The van der Waals surface area contributed by atoms with Gasteiger partial charge in [0.2, 0.25) is 5.91 Å². The maximum Gasteiger partial charge on any atom is 0.234 e. The smallest absolute Gasteiger partial charge is 0.234 e. The van der Waals surface area contributed by atoms with Gasteiger partial charge in [-0.05, 0) is 56.1 Å². The number of benzene rings is 1. The molecule has 1 N–H and O–H groups in total. The first-order chi connectivity index (χ1) is 12.1. The van der Waals surface area contributed by atoms with Crippen LogP contribution in [0.5, 0.6) is 0 Å². The van der Waals surface area contributed by atoms with Crippen LogP contribution in [0.2, 0.25) is 0 Å². The topological polar surface area (TPSA) is 50.2 Å². The molecule has 1 fully saturated rings. The van der Waals surface area contributed by atoms with E-state index in [0.29, 0.717) is 25.4 Å². The van der Waals surface area contributed by atoms with Crippen molar-refractivity contribution >= 4 is 5.91 Å². The number of amides is 1. The number of likely N-dealkylation sites (tertiary alicyclic amines) is 1. The predicted octanol–water partition coefficient (Wildman–Crippen LogP) is 2.10. The predicted molar refractivity (Wildman–Crippen MR) is 94.7 cm³/mol. The van der Waals surface area contributed by atoms with Gasteiger partial charge in [0.25, 0.3) is 0 Å². The van der Waals surface area contributed by atoms with E-state index in [4.69, 9.17) is 0 Å². The van der Waals surface area contributed by atoms with Crippen LogP contribution in [0.15, 0.2) is 36.5 Å². The first kappa shape index (κ1) is 17.6. The summed E-state index contributed by atoms with van der Waals surface area (Å²) in [5.41, 5.74) is 2.31. The second-order valence-electron chi connectivity index (χ2n) is 6.66. The van der Waals surface area contributed by atoms with Gasteiger partial charge in [-0.2, -0.15) is 5.10 Å². The molecule has 0 aliphatic carbocycles. The average molecular weight is 344 g/mol. The fraction of sp³-hybridized carbons (Fsp3) is 0.474. The summed E-state index contributed by atoms with van der Waals surface area (Å²) in [5, 5.41) is 7.19. The summed E-state index contributed by atoms with van der Waals surface area (Å²) in [5.74, 6) is 0.355. The number of carbonyl (C=O) groups excluding carboxylic acids is 1. The van der Waals surface area contributed by atoms with E-state index >= 15 is 0 Å². The highest BCUT2D eigenvalue weighted by molar-refractivity contribution is 5.78. The first-order valence-corrected chi connectivity index (χ1v) is 8.83. The van der Waals surface area contributed by atoms with Crippen LogP contribution in [0.1, 0.15) is 30.0 Å². The first-order valence-electron chi connectivity index (χ1n) is 8.83. The van der Waals surface area contributed by atoms with E-state index < -0.39 is 0 Å². The van der Waals surface area contributed by atoms with Crippen molar-refractivity contribution in [2.24, 2.45) is 7.05 Å². The van der Waals surface area contributed by atoms with E-state index in [1.165, 1.54) is 17.8 Å².